The van der Waals surface area contributed by atoms with E-state index in [0.717, 1.165) is 74.0 Å². The van der Waals surface area contributed by atoms with Crippen molar-refractivity contribution in [2.45, 2.75) is 64.3 Å². The summed E-state index contributed by atoms with van der Waals surface area (Å²) in [5.41, 5.74) is 18.5. The zero-order chi connectivity index (χ0) is 43.4. The van der Waals surface area contributed by atoms with E-state index in [1.807, 2.05) is 12.2 Å². The summed E-state index contributed by atoms with van der Waals surface area (Å²) in [6.07, 6.45) is 5.57. The Kier molecular flexibility index (Phi) is 10.4. The van der Waals surface area contributed by atoms with E-state index >= 15 is 0 Å². The normalized spacial score (nSPS) is 15.1. The second-order valence-electron chi connectivity index (χ2n) is 17.7. The average molecular weight is 821 g/mol. The molecule has 1 aliphatic heterocycles. The first-order valence-corrected chi connectivity index (χ1v) is 22.4. The van der Waals surface area contributed by atoms with Crippen molar-refractivity contribution in [1.82, 2.24) is 4.57 Å². The van der Waals surface area contributed by atoms with Gasteiger partial charge in [-0.2, -0.15) is 4.57 Å². The Morgan fingerprint density at radius 1 is 0.683 bits per heavy atom. The first kappa shape index (κ1) is 40.1. The van der Waals surface area contributed by atoms with Gasteiger partial charge in [-0.05, 0) is 101 Å². The molecular formula is C59H54N3O+. The lowest BCUT2D eigenvalue weighted by Gasteiger charge is -2.30. The molecule has 7 aromatic carbocycles. The maximum atomic E-state index is 7.26. The summed E-state index contributed by atoms with van der Waals surface area (Å²) in [6, 6.07) is 55.1. The van der Waals surface area contributed by atoms with Gasteiger partial charge in [-0.25, -0.2) is 4.57 Å². The van der Waals surface area contributed by atoms with Crippen LogP contribution in [0.15, 0.2) is 186 Å². The van der Waals surface area contributed by atoms with Crippen LogP contribution in [0, 0.1) is 0 Å². The summed E-state index contributed by atoms with van der Waals surface area (Å²) in [7, 11) is 2.23. The third-order valence-electron chi connectivity index (χ3n) is 13.3. The molecule has 0 radical (unpaired) electrons. The number of hydrogen-bond donors (Lipinski definition) is 0. The molecule has 2 unspecified atom stereocenters. The first-order chi connectivity index (χ1) is 30.7. The van der Waals surface area contributed by atoms with E-state index in [9.17, 15) is 0 Å². The second-order valence-corrected chi connectivity index (χ2v) is 17.7. The Morgan fingerprint density at radius 2 is 1.32 bits per heavy atom. The van der Waals surface area contributed by atoms with Crippen molar-refractivity contribution in [2.24, 2.45) is 12.0 Å². The van der Waals surface area contributed by atoms with Crippen molar-refractivity contribution in [3.05, 3.63) is 205 Å². The SMILES string of the molecule is C=CC1=NC(C=C)C(CCc2ccc3c(oc4cc(-c5ccccc5)ccc43)c2-c2n(-c3c(C(C)C)cc(-c4ccccc4)cc3C(C)C)c3ccccc3[n+]2C)c2ccccc21. The van der Waals surface area contributed by atoms with Crippen LogP contribution in [-0.4, -0.2) is 16.3 Å². The molecule has 9 aromatic rings. The molecule has 3 heterocycles. The highest BCUT2D eigenvalue weighted by Crippen LogP contribution is 2.45. The minimum Gasteiger partial charge on any atom is -0.455 e. The van der Waals surface area contributed by atoms with Crippen LogP contribution in [0.3, 0.4) is 0 Å². The largest absolute Gasteiger partial charge is 0.455 e. The Balaban J connectivity index is 1.26. The number of aromatic nitrogens is 2. The molecule has 0 aliphatic carbocycles. The van der Waals surface area contributed by atoms with Crippen LogP contribution in [0.2, 0.25) is 0 Å². The molecule has 4 heteroatoms. The Bertz CT molecular complexity index is 3200. The molecule has 1 aliphatic rings. The molecule has 310 valence electrons. The van der Waals surface area contributed by atoms with E-state index < -0.39 is 0 Å². The van der Waals surface area contributed by atoms with Crippen LogP contribution in [0.25, 0.3) is 72.3 Å². The number of furan rings is 1. The number of imidazole rings is 1. The lowest BCUT2D eigenvalue weighted by Crippen LogP contribution is -2.31. The molecule has 63 heavy (non-hydrogen) atoms. The molecule has 0 saturated heterocycles. The maximum absolute atomic E-state index is 7.26. The van der Waals surface area contributed by atoms with Gasteiger partial charge in [0, 0.05) is 33.4 Å². The number of aliphatic imine (C=N–C) groups is 1. The number of nitrogens with zero attached hydrogens (tertiary/aromatic N) is 3. The summed E-state index contributed by atoms with van der Waals surface area (Å²) >= 11 is 0. The highest BCUT2D eigenvalue weighted by molar-refractivity contribution is 6.11. The lowest BCUT2D eigenvalue weighted by atomic mass is 9.80. The van der Waals surface area contributed by atoms with E-state index in [0.29, 0.717) is 0 Å². The fraction of sp³-hybridized carbons (Fsp3) is 0.186. The van der Waals surface area contributed by atoms with Gasteiger partial charge in [-0.1, -0.05) is 156 Å². The molecule has 0 bridgehead atoms. The molecule has 0 spiro atoms. The van der Waals surface area contributed by atoms with Gasteiger partial charge in [0.25, 0.3) is 5.82 Å². The average Bonchev–Trinajstić information content (AvgIpc) is 3.84. The number of aryl methyl sites for hydroxylation is 2. The molecule has 0 amide bonds. The van der Waals surface area contributed by atoms with Gasteiger partial charge in [-0.3, -0.25) is 4.99 Å². The minimum atomic E-state index is -0.0596. The van der Waals surface area contributed by atoms with Crippen LogP contribution in [0.5, 0.6) is 0 Å². The fourth-order valence-electron chi connectivity index (χ4n) is 10.2. The Hall–Kier alpha value is -7.04. The van der Waals surface area contributed by atoms with E-state index in [4.69, 9.17) is 9.41 Å². The van der Waals surface area contributed by atoms with E-state index in [2.05, 4.69) is 209 Å². The number of rotatable bonds is 11. The number of hydrogen-bond acceptors (Lipinski definition) is 2. The maximum Gasteiger partial charge on any atom is 0.299 e. The lowest BCUT2D eigenvalue weighted by molar-refractivity contribution is -0.633. The zero-order valence-corrected chi connectivity index (χ0v) is 37.0. The number of para-hydroxylation sites is 2. The van der Waals surface area contributed by atoms with Crippen LogP contribution in [-0.2, 0) is 13.5 Å². The van der Waals surface area contributed by atoms with Gasteiger partial charge in [0.15, 0.2) is 16.6 Å². The second kappa shape index (κ2) is 16.3. The molecular weight excluding hydrogens is 767 g/mol. The van der Waals surface area contributed by atoms with Crippen molar-refractivity contribution < 1.29 is 8.98 Å². The molecule has 0 fully saturated rings. The van der Waals surface area contributed by atoms with E-state index in [-0.39, 0.29) is 23.8 Å². The third kappa shape index (κ3) is 6.85. The summed E-state index contributed by atoms with van der Waals surface area (Å²) in [4.78, 5) is 5.18. The summed E-state index contributed by atoms with van der Waals surface area (Å²) < 4.78 is 12.2. The highest BCUT2D eigenvalue weighted by atomic mass is 16.3. The Labute approximate surface area is 371 Å². The quantitative estimate of drug-likeness (QED) is 0.0945. The van der Waals surface area contributed by atoms with Crippen molar-refractivity contribution in [1.29, 1.82) is 0 Å². The molecule has 10 rings (SSSR count). The number of fused-ring (bicyclic) bond motifs is 5. The Morgan fingerprint density at radius 3 is 2.00 bits per heavy atom. The predicted molar refractivity (Wildman–Crippen MR) is 264 cm³/mol. The summed E-state index contributed by atoms with van der Waals surface area (Å²) in [5.74, 6) is 1.76. The van der Waals surface area contributed by atoms with E-state index in [1.165, 1.54) is 44.6 Å². The summed E-state index contributed by atoms with van der Waals surface area (Å²) in [6.45, 7) is 17.7. The summed E-state index contributed by atoms with van der Waals surface area (Å²) in [5, 5.41) is 2.22. The van der Waals surface area contributed by atoms with Gasteiger partial charge in [0.1, 0.15) is 16.8 Å². The van der Waals surface area contributed by atoms with Gasteiger partial charge >= 0.3 is 0 Å². The van der Waals surface area contributed by atoms with Gasteiger partial charge in [-0.15, -0.1) is 6.58 Å². The van der Waals surface area contributed by atoms with Crippen molar-refractivity contribution in [3.8, 4) is 39.3 Å². The first-order valence-electron chi connectivity index (χ1n) is 22.4. The monoisotopic (exact) mass is 820 g/mol. The topological polar surface area (TPSA) is 34.3 Å². The molecule has 4 nitrogen and oxygen atoms in total. The number of allylic oxidation sites excluding steroid dienone is 1. The third-order valence-corrected chi connectivity index (χ3v) is 13.3. The highest BCUT2D eigenvalue weighted by Gasteiger charge is 2.36. The van der Waals surface area contributed by atoms with Crippen LogP contribution < -0.4 is 4.57 Å². The zero-order valence-electron chi connectivity index (χ0n) is 37.0. The molecule has 0 N–H and O–H groups in total. The van der Waals surface area contributed by atoms with Crippen LogP contribution >= 0.6 is 0 Å². The van der Waals surface area contributed by atoms with Gasteiger partial charge in [0.05, 0.1) is 18.8 Å². The van der Waals surface area contributed by atoms with Crippen molar-refractivity contribution in [3.63, 3.8) is 0 Å². The smallest absolute Gasteiger partial charge is 0.299 e. The molecule has 0 saturated carbocycles. The standard InChI is InChI=1S/C59H54N3O/c1-8-51-45-25-17-16-24-44(45)46(52(9-2)60-51)31-28-41-29-33-48-47-32-30-42(39-20-12-10-13-21-39)36-55(47)63-58(48)56(41)59-61(7)53-26-18-19-27-54(53)62(59)57-49(37(3)4)34-43(35-50(57)38(5)6)40-22-14-11-15-23-40/h8-27,29-30,32-38,46,52H,1-2,28,31H2,3-7H3/q+1. The number of benzene rings is 7. The van der Waals surface area contributed by atoms with Gasteiger partial charge in [0.2, 0.25) is 0 Å². The van der Waals surface area contributed by atoms with Crippen molar-refractivity contribution in [2.75, 3.05) is 0 Å². The molecule has 2 atom stereocenters. The van der Waals surface area contributed by atoms with Crippen LogP contribution in [0.1, 0.15) is 79.7 Å². The molecule has 2 aromatic heterocycles. The van der Waals surface area contributed by atoms with Crippen molar-refractivity contribution >= 4 is 38.7 Å². The fourth-order valence-corrected chi connectivity index (χ4v) is 10.2. The van der Waals surface area contributed by atoms with Gasteiger partial charge < -0.3 is 4.42 Å². The minimum absolute atomic E-state index is 0.0596. The van der Waals surface area contributed by atoms with E-state index in [1.54, 1.807) is 0 Å². The van der Waals surface area contributed by atoms with Crippen LogP contribution in [0.4, 0.5) is 0 Å². The predicted octanol–water partition coefficient (Wildman–Crippen LogP) is 14.9.